The standard InChI is InChI=1S/C16H19NOS/c18-16(10-14-11-17-12-19-14)9-5-4-8-15(16)13-6-2-1-3-7-13/h1-3,6-7,11-12,15,18H,4-5,8-10H2. The zero-order valence-corrected chi connectivity index (χ0v) is 11.8. The van der Waals surface area contributed by atoms with Gasteiger partial charge in [0, 0.05) is 23.4 Å². The van der Waals surface area contributed by atoms with Crippen molar-refractivity contribution in [2.24, 2.45) is 0 Å². The van der Waals surface area contributed by atoms with Gasteiger partial charge >= 0.3 is 0 Å². The van der Waals surface area contributed by atoms with E-state index >= 15 is 0 Å². The first-order valence-electron chi connectivity index (χ1n) is 6.93. The number of aromatic nitrogens is 1. The molecule has 0 amide bonds. The maximum atomic E-state index is 11.1. The quantitative estimate of drug-likeness (QED) is 0.923. The Kier molecular flexibility index (Phi) is 3.67. The zero-order chi connectivity index (χ0) is 13.1. The number of hydrogen-bond acceptors (Lipinski definition) is 3. The molecule has 2 atom stereocenters. The molecule has 1 fully saturated rings. The second kappa shape index (κ2) is 5.43. The molecule has 1 aromatic carbocycles. The van der Waals surface area contributed by atoms with Crippen molar-refractivity contribution in [1.29, 1.82) is 0 Å². The van der Waals surface area contributed by atoms with Crippen molar-refractivity contribution in [2.75, 3.05) is 0 Å². The summed E-state index contributed by atoms with van der Waals surface area (Å²) >= 11 is 1.64. The molecule has 1 saturated carbocycles. The van der Waals surface area contributed by atoms with Gasteiger partial charge < -0.3 is 5.11 Å². The Bertz CT molecular complexity index is 511. The topological polar surface area (TPSA) is 33.1 Å². The summed E-state index contributed by atoms with van der Waals surface area (Å²) < 4.78 is 0. The van der Waals surface area contributed by atoms with Crippen LogP contribution in [0.1, 0.15) is 42.0 Å². The van der Waals surface area contributed by atoms with E-state index in [2.05, 4.69) is 29.2 Å². The summed E-state index contributed by atoms with van der Waals surface area (Å²) in [5, 5.41) is 11.1. The molecule has 2 nitrogen and oxygen atoms in total. The van der Waals surface area contributed by atoms with Crippen LogP contribution in [0.25, 0.3) is 0 Å². The van der Waals surface area contributed by atoms with E-state index < -0.39 is 5.60 Å². The average Bonchev–Trinajstić information content (AvgIpc) is 2.92. The highest BCUT2D eigenvalue weighted by Gasteiger charge is 2.39. The Balaban J connectivity index is 1.88. The molecule has 19 heavy (non-hydrogen) atoms. The molecule has 2 unspecified atom stereocenters. The molecule has 1 heterocycles. The molecule has 0 spiro atoms. The van der Waals surface area contributed by atoms with E-state index in [0.29, 0.717) is 0 Å². The third kappa shape index (κ3) is 2.72. The minimum Gasteiger partial charge on any atom is -0.389 e. The summed E-state index contributed by atoms with van der Waals surface area (Å²) in [4.78, 5) is 5.31. The molecule has 2 aromatic rings. The third-order valence-corrected chi connectivity index (χ3v) is 4.95. The largest absolute Gasteiger partial charge is 0.389 e. The van der Waals surface area contributed by atoms with Crippen LogP contribution in [0.15, 0.2) is 42.0 Å². The first kappa shape index (κ1) is 12.8. The number of aliphatic hydroxyl groups is 1. The summed E-state index contributed by atoms with van der Waals surface area (Å²) in [7, 11) is 0. The second-order valence-electron chi connectivity index (χ2n) is 5.46. The molecule has 1 aromatic heterocycles. The molecular weight excluding hydrogens is 254 g/mol. The lowest BCUT2D eigenvalue weighted by Crippen LogP contribution is -2.41. The van der Waals surface area contributed by atoms with E-state index in [4.69, 9.17) is 0 Å². The van der Waals surface area contributed by atoms with Gasteiger partial charge in [-0.1, -0.05) is 43.2 Å². The van der Waals surface area contributed by atoms with Crippen molar-refractivity contribution < 1.29 is 5.11 Å². The Morgan fingerprint density at radius 1 is 1.26 bits per heavy atom. The van der Waals surface area contributed by atoms with Crippen LogP contribution in [0.4, 0.5) is 0 Å². The fourth-order valence-electron chi connectivity index (χ4n) is 3.23. The van der Waals surface area contributed by atoms with Crippen LogP contribution in [0.2, 0.25) is 0 Å². The number of hydrogen-bond donors (Lipinski definition) is 1. The SMILES string of the molecule is OC1(Cc2cncs2)CCCCC1c1ccccc1. The van der Waals surface area contributed by atoms with Crippen molar-refractivity contribution in [3.63, 3.8) is 0 Å². The highest BCUT2D eigenvalue weighted by Crippen LogP contribution is 2.43. The van der Waals surface area contributed by atoms with Gasteiger partial charge in [0.25, 0.3) is 0 Å². The molecule has 0 bridgehead atoms. The first-order chi connectivity index (χ1) is 9.28. The van der Waals surface area contributed by atoms with Gasteiger partial charge in [-0.2, -0.15) is 0 Å². The number of benzene rings is 1. The van der Waals surface area contributed by atoms with Crippen LogP contribution in [0, 0.1) is 0 Å². The van der Waals surface area contributed by atoms with E-state index in [9.17, 15) is 5.11 Å². The van der Waals surface area contributed by atoms with Crippen molar-refractivity contribution >= 4 is 11.3 Å². The van der Waals surface area contributed by atoms with E-state index in [-0.39, 0.29) is 5.92 Å². The molecule has 0 saturated heterocycles. The van der Waals surface area contributed by atoms with Gasteiger partial charge in [-0.05, 0) is 18.4 Å². The fraction of sp³-hybridized carbons (Fsp3) is 0.438. The molecule has 1 N–H and O–H groups in total. The molecule has 1 aliphatic rings. The first-order valence-corrected chi connectivity index (χ1v) is 7.81. The van der Waals surface area contributed by atoms with Gasteiger partial charge in [-0.25, -0.2) is 0 Å². The van der Waals surface area contributed by atoms with E-state index in [1.807, 2.05) is 17.8 Å². The Morgan fingerprint density at radius 3 is 2.84 bits per heavy atom. The van der Waals surface area contributed by atoms with Gasteiger partial charge in [0.1, 0.15) is 0 Å². The van der Waals surface area contributed by atoms with Crippen LogP contribution >= 0.6 is 11.3 Å². The van der Waals surface area contributed by atoms with E-state index in [0.717, 1.165) is 25.7 Å². The minimum absolute atomic E-state index is 0.254. The van der Waals surface area contributed by atoms with Gasteiger partial charge in [-0.3, -0.25) is 4.98 Å². The molecule has 0 aliphatic heterocycles. The third-order valence-electron chi connectivity index (χ3n) is 4.17. The number of nitrogens with zero attached hydrogens (tertiary/aromatic N) is 1. The van der Waals surface area contributed by atoms with Crippen LogP contribution < -0.4 is 0 Å². The van der Waals surface area contributed by atoms with Gasteiger partial charge in [-0.15, -0.1) is 11.3 Å². The lowest BCUT2D eigenvalue weighted by molar-refractivity contribution is -0.0160. The second-order valence-corrected chi connectivity index (χ2v) is 6.43. The fourth-order valence-corrected chi connectivity index (χ4v) is 3.94. The summed E-state index contributed by atoms with van der Waals surface area (Å²) in [6.07, 6.45) is 6.93. The summed E-state index contributed by atoms with van der Waals surface area (Å²) in [5.74, 6) is 0.254. The van der Waals surface area contributed by atoms with Crippen LogP contribution in [-0.4, -0.2) is 15.7 Å². The Morgan fingerprint density at radius 2 is 2.11 bits per heavy atom. The van der Waals surface area contributed by atoms with Crippen LogP contribution in [-0.2, 0) is 6.42 Å². The smallest absolute Gasteiger partial charge is 0.0794 e. The minimum atomic E-state index is -0.605. The Hall–Kier alpha value is -1.19. The summed E-state index contributed by atoms with van der Waals surface area (Å²) in [6, 6.07) is 10.5. The van der Waals surface area contributed by atoms with Gasteiger partial charge in [0.15, 0.2) is 0 Å². The maximum Gasteiger partial charge on any atom is 0.0794 e. The monoisotopic (exact) mass is 273 g/mol. The van der Waals surface area contributed by atoms with Gasteiger partial charge in [0.2, 0.25) is 0 Å². The highest BCUT2D eigenvalue weighted by atomic mass is 32.1. The average molecular weight is 273 g/mol. The van der Waals surface area contributed by atoms with Gasteiger partial charge in [0.05, 0.1) is 11.1 Å². The maximum absolute atomic E-state index is 11.1. The van der Waals surface area contributed by atoms with Crippen molar-refractivity contribution in [3.8, 4) is 0 Å². The molecule has 0 radical (unpaired) electrons. The number of rotatable bonds is 3. The predicted molar refractivity (Wildman–Crippen MR) is 78.4 cm³/mol. The van der Waals surface area contributed by atoms with Crippen molar-refractivity contribution in [1.82, 2.24) is 4.98 Å². The van der Waals surface area contributed by atoms with Crippen LogP contribution in [0.3, 0.4) is 0 Å². The molecular formula is C16H19NOS. The summed E-state index contributed by atoms with van der Waals surface area (Å²) in [5.41, 5.74) is 2.51. The van der Waals surface area contributed by atoms with E-state index in [1.165, 1.54) is 16.9 Å². The lowest BCUT2D eigenvalue weighted by Gasteiger charge is -2.40. The van der Waals surface area contributed by atoms with Crippen molar-refractivity contribution in [2.45, 2.75) is 43.6 Å². The number of thiazole rings is 1. The molecule has 100 valence electrons. The van der Waals surface area contributed by atoms with Crippen LogP contribution in [0.5, 0.6) is 0 Å². The molecule has 1 aliphatic carbocycles. The predicted octanol–water partition coefficient (Wildman–Crippen LogP) is 3.77. The zero-order valence-electron chi connectivity index (χ0n) is 11.0. The summed E-state index contributed by atoms with van der Waals surface area (Å²) in [6.45, 7) is 0. The molecule has 3 rings (SSSR count). The normalized spacial score (nSPS) is 27.3. The lowest BCUT2D eigenvalue weighted by atomic mass is 9.70. The van der Waals surface area contributed by atoms with Crippen molar-refractivity contribution in [3.05, 3.63) is 52.5 Å². The Labute approximate surface area is 118 Å². The highest BCUT2D eigenvalue weighted by molar-refractivity contribution is 7.09. The van der Waals surface area contributed by atoms with E-state index in [1.54, 1.807) is 11.3 Å². The molecule has 3 heteroatoms.